The van der Waals surface area contributed by atoms with Crippen molar-refractivity contribution in [2.45, 2.75) is 39.7 Å². The summed E-state index contributed by atoms with van der Waals surface area (Å²) in [5.74, 6) is 1.28. The summed E-state index contributed by atoms with van der Waals surface area (Å²) in [7, 11) is 0. The first-order valence-corrected chi connectivity index (χ1v) is 10.6. The molecule has 1 aromatic carbocycles. The van der Waals surface area contributed by atoms with E-state index in [0.717, 1.165) is 24.1 Å². The number of allylic oxidation sites excluding steroid dienone is 1. The van der Waals surface area contributed by atoms with E-state index in [-0.39, 0.29) is 29.7 Å². The van der Waals surface area contributed by atoms with Gasteiger partial charge < -0.3 is 4.74 Å². The predicted octanol–water partition coefficient (Wildman–Crippen LogP) is 5.76. The number of hydrogen-bond acceptors (Lipinski definition) is 3. The fraction of sp³-hybridized carbons (Fsp3) is 0.440. The second-order valence-corrected chi connectivity index (χ2v) is 8.50. The number of hydrogen-bond donors (Lipinski definition) is 0. The molecule has 1 aliphatic heterocycles. The third-order valence-corrected chi connectivity index (χ3v) is 6.84. The van der Waals surface area contributed by atoms with Gasteiger partial charge in [0.1, 0.15) is 11.9 Å². The molecule has 0 N–H and O–H groups in total. The van der Waals surface area contributed by atoms with E-state index in [0.29, 0.717) is 23.3 Å². The van der Waals surface area contributed by atoms with Gasteiger partial charge >= 0.3 is 5.97 Å². The minimum absolute atomic E-state index is 0.00819. The van der Waals surface area contributed by atoms with Crippen LogP contribution < -0.4 is 0 Å². The Bertz CT molecular complexity index is 907. The molecule has 0 spiro atoms. The second-order valence-electron chi connectivity index (χ2n) is 8.50. The fourth-order valence-electron chi connectivity index (χ4n) is 5.42. The maximum atomic E-state index is 14.0. The molecule has 2 fully saturated rings. The molecule has 29 heavy (non-hydrogen) atoms. The first kappa shape index (κ1) is 19.8. The van der Waals surface area contributed by atoms with Crippen LogP contribution in [0.3, 0.4) is 0 Å². The summed E-state index contributed by atoms with van der Waals surface area (Å²) in [4.78, 5) is 16.8. The highest BCUT2D eigenvalue weighted by molar-refractivity contribution is 5.75. The van der Waals surface area contributed by atoms with Gasteiger partial charge in [-0.3, -0.25) is 9.78 Å². The highest BCUT2D eigenvalue weighted by Crippen LogP contribution is 2.50. The molecular weight excluding hydrogens is 365 g/mol. The molecule has 2 aliphatic rings. The number of cyclic esters (lactones) is 1. The average Bonchev–Trinajstić information content (AvgIpc) is 3.00. The number of pyridine rings is 1. The number of esters is 1. The van der Waals surface area contributed by atoms with Crippen LogP contribution >= 0.6 is 0 Å². The van der Waals surface area contributed by atoms with E-state index >= 15 is 0 Å². The maximum absolute atomic E-state index is 14.0. The molecule has 4 rings (SSSR count). The number of ether oxygens (including phenoxy) is 1. The van der Waals surface area contributed by atoms with Crippen LogP contribution in [0.1, 0.15) is 39.3 Å². The predicted molar refractivity (Wildman–Crippen MR) is 112 cm³/mol. The van der Waals surface area contributed by atoms with Crippen LogP contribution in [0.5, 0.6) is 0 Å². The van der Waals surface area contributed by atoms with E-state index in [9.17, 15) is 9.18 Å². The zero-order valence-corrected chi connectivity index (χ0v) is 17.2. The first-order chi connectivity index (χ1) is 14.0. The number of fused-ring (bicyclic) bond motifs is 1. The zero-order valence-electron chi connectivity index (χ0n) is 17.2. The lowest BCUT2D eigenvalue weighted by Crippen LogP contribution is -2.40. The third kappa shape index (κ3) is 3.73. The second kappa shape index (κ2) is 8.10. The summed E-state index contributed by atoms with van der Waals surface area (Å²) in [5.41, 5.74) is 2.16. The first-order valence-electron chi connectivity index (χ1n) is 10.6. The molecule has 1 aromatic heterocycles. The van der Waals surface area contributed by atoms with Gasteiger partial charge in [0, 0.05) is 23.2 Å². The Balaban J connectivity index is 1.58. The highest BCUT2D eigenvalue weighted by Gasteiger charge is 2.52. The normalized spacial score (nSPS) is 31.7. The molecule has 1 saturated carbocycles. The number of carbonyl (C=O) groups excluding carboxylic acids is 1. The van der Waals surface area contributed by atoms with E-state index < -0.39 is 0 Å². The monoisotopic (exact) mass is 393 g/mol. The van der Waals surface area contributed by atoms with Crippen molar-refractivity contribution in [1.82, 2.24) is 4.98 Å². The molecule has 1 saturated heterocycles. The lowest BCUT2D eigenvalue weighted by Gasteiger charge is -2.41. The van der Waals surface area contributed by atoms with Crippen LogP contribution in [0.25, 0.3) is 17.2 Å². The van der Waals surface area contributed by atoms with Crippen molar-refractivity contribution < 1.29 is 13.9 Å². The number of aromatic nitrogens is 1. The zero-order chi connectivity index (χ0) is 20.5. The third-order valence-electron chi connectivity index (χ3n) is 6.84. The molecule has 152 valence electrons. The van der Waals surface area contributed by atoms with E-state index in [2.05, 4.69) is 24.9 Å². The minimum Gasteiger partial charge on any atom is -0.462 e. The van der Waals surface area contributed by atoms with Gasteiger partial charge in [0.25, 0.3) is 0 Å². The molecule has 2 heterocycles. The Morgan fingerprint density at radius 1 is 1.21 bits per heavy atom. The van der Waals surface area contributed by atoms with Gasteiger partial charge in [-0.15, -0.1) is 0 Å². The van der Waals surface area contributed by atoms with Crippen molar-refractivity contribution in [3.63, 3.8) is 0 Å². The van der Waals surface area contributed by atoms with Crippen molar-refractivity contribution in [2.75, 3.05) is 0 Å². The van der Waals surface area contributed by atoms with Crippen molar-refractivity contribution in [2.24, 2.45) is 29.6 Å². The lowest BCUT2D eigenvalue weighted by atomic mass is 9.61. The van der Waals surface area contributed by atoms with Gasteiger partial charge in [0.15, 0.2) is 0 Å². The van der Waals surface area contributed by atoms with Crippen molar-refractivity contribution in [1.29, 1.82) is 0 Å². The number of rotatable bonds is 4. The van der Waals surface area contributed by atoms with Gasteiger partial charge in [-0.25, -0.2) is 4.39 Å². The molecule has 0 radical (unpaired) electrons. The van der Waals surface area contributed by atoms with Crippen LogP contribution in [0.15, 0.2) is 48.7 Å². The number of nitrogens with zero attached hydrogens (tertiary/aromatic N) is 1. The van der Waals surface area contributed by atoms with E-state index in [1.807, 2.05) is 31.2 Å². The topological polar surface area (TPSA) is 39.2 Å². The molecule has 5 unspecified atom stereocenters. The molecular formula is C25H28FNO2. The van der Waals surface area contributed by atoms with Crippen LogP contribution in [0, 0.1) is 35.4 Å². The van der Waals surface area contributed by atoms with Gasteiger partial charge in [0.05, 0.1) is 11.6 Å². The summed E-state index contributed by atoms with van der Waals surface area (Å²) in [6.45, 7) is 6.50. The molecule has 6 atom stereocenters. The maximum Gasteiger partial charge on any atom is 0.309 e. The quantitative estimate of drug-likeness (QED) is 0.620. The van der Waals surface area contributed by atoms with E-state index in [4.69, 9.17) is 4.74 Å². The molecule has 4 heteroatoms. The molecule has 3 nitrogen and oxygen atoms in total. The van der Waals surface area contributed by atoms with Crippen LogP contribution in [0.2, 0.25) is 0 Å². The van der Waals surface area contributed by atoms with Crippen molar-refractivity contribution >= 4 is 12.0 Å². The van der Waals surface area contributed by atoms with Crippen LogP contribution in [-0.2, 0) is 9.53 Å². The Kier molecular flexibility index (Phi) is 5.53. The highest BCUT2D eigenvalue weighted by atomic mass is 19.1. The van der Waals surface area contributed by atoms with Gasteiger partial charge in [-0.1, -0.05) is 50.6 Å². The van der Waals surface area contributed by atoms with Crippen LogP contribution in [-0.4, -0.2) is 17.1 Å². The SMILES string of the molecule is CCC1C(C)CC2C(=O)O[C@H](C)C2C1/C=C/c1ccc(-c2ccccc2F)cn1. The Morgan fingerprint density at radius 3 is 2.69 bits per heavy atom. The average molecular weight is 394 g/mol. The lowest BCUT2D eigenvalue weighted by molar-refractivity contribution is -0.144. The van der Waals surface area contributed by atoms with Gasteiger partial charge in [0.2, 0.25) is 0 Å². The molecule has 2 aromatic rings. The summed E-state index contributed by atoms with van der Waals surface area (Å²) in [6, 6.07) is 10.5. The summed E-state index contributed by atoms with van der Waals surface area (Å²) < 4.78 is 19.6. The van der Waals surface area contributed by atoms with Crippen molar-refractivity contribution in [3.05, 3.63) is 60.2 Å². The summed E-state index contributed by atoms with van der Waals surface area (Å²) >= 11 is 0. The van der Waals surface area contributed by atoms with Crippen molar-refractivity contribution in [3.8, 4) is 11.1 Å². The number of carbonyl (C=O) groups is 1. The standard InChI is InChI=1S/C25H28FNO2/c1-4-19-15(2)13-22-24(16(3)29-25(22)28)21(19)12-11-18-10-9-17(14-27-18)20-7-5-6-8-23(20)26/h5-12,14-16,19,21-22,24H,4,13H2,1-3H3/b12-11+/t15?,16-,19?,21?,22?,24?/m1/s1. The van der Waals surface area contributed by atoms with Gasteiger partial charge in [-0.2, -0.15) is 0 Å². The Hall–Kier alpha value is -2.49. The fourth-order valence-corrected chi connectivity index (χ4v) is 5.42. The van der Waals surface area contributed by atoms with E-state index in [1.54, 1.807) is 18.3 Å². The number of halogens is 1. The summed E-state index contributed by atoms with van der Waals surface area (Å²) in [6.07, 6.45) is 7.95. The van der Waals surface area contributed by atoms with Gasteiger partial charge in [-0.05, 0) is 49.3 Å². The Morgan fingerprint density at radius 2 is 2.00 bits per heavy atom. The summed E-state index contributed by atoms with van der Waals surface area (Å²) in [5, 5.41) is 0. The molecule has 1 aliphatic carbocycles. The Labute approximate surface area is 172 Å². The minimum atomic E-state index is -0.245. The largest absolute Gasteiger partial charge is 0.462 e. The van der Waals surface area contributed by atoms with Crippen LogP contribution in [0.4, 0.5) is 4.39 Å². The smallest absolute Gasteiger partial charge is 0.309 e. The number of benzene rings is 1. The molecule has 0 amide bonds. The molecule has 0 bridgehead atoms. The van der Waals surface area contributed by atoms with E-state index in [1.165, 1.54) is 6.07 Å².